The summed E-state index contributed by atoms with van der Waals surface area (Å²) in [5.74, 6) is 0. The summed E-state index contributed by atoms with van der Waals surface area (Å²) in [4.78, 5) is 0. The van der Waals surface area contributed by atoms with Gasteiger partial charge in [-0.25, -0.2) is 0 Å². The van der Waals surface area contributed by atoms with Gasteiger partial charge >= 0.3 is 0 Å². The second-order valence-corrected chi connectivity index (χ2v) is 4.81. The van der Waals surface area contributed by atoms with Gasteiger partial charge in [0, 0.05) is 17.9 Å². The van der Waals surface area contributed by atoms with Crippen LogP contribution in [-0.2, 0) is 6.42 Å². The molecule has 1 aromatic carbocycles. The Morgan fingerprint density at radius 2 is 1.74 bits per heavy atom. The molecule has 0 aliphatic rings. The average Bonchev–Trinajstić information content (AvgIpc) is 2.55. The first kappa shape index (κ1) is 23.2. The number of nitrogens with one attached hydrogen (secondary N) is 2. The van der Waals surface area contributed by atoms with Crippen molar-refractivity contribution < 1.29 is 0 Å². The number of nitrogens with two attached hydrogens (primary N) is 2. The smallest absolute Gasteiger partial charge is 0.0382 e. The molecule has 0 saturated heterocycles. The lowest BCUT2D eigenvalue weighted by Gasteiger charge is -2.09. The third-order valence-corrected chi connectivity index (χ3v) is 2.59. The van der Waals surface area contributed by atoms with E-state index in [9.17, 15) is 0 Å². The van der Waals surface area contributed by atoms with Crippen molar-refractivity contribution in [2.24, 2.45) is 11.5 Å². The van der Waals surface area contributed by atoms with E-state index < -0.39 is 0 Å². The van der Waals surface area contributed by atoms with E-state index in [1.54, 1.807) is 0 Å². The van der Waals surface area contributed by atoms with Crippen LogP contribution in [-0.4, -0.2) is 20.1 Å². The Balaban J connectivity index is 0. The molecule has 1 rings (SSSR count). The fourth-order valence-corrected chi connectivity index (χ4v) is 1.49. The van der Waals surface area contributed by atoms with Gasteiger partial charge in [0.05, 0.1) is 0 Å². The Labute approximate surface area is 142 Å². The van der Waals surface area contributed by atoms with Crippen LogP contribution in [0.3, 0.4) is 0 Å². The number of hydrogen-bond acceptors (Lipinski definition) is 4. The molecule has 4 heteroatoms. The maximum absolute atomic E-state index is 5.03. The molecule has 0 aliphatic heterocycles. The van der Waals surface area contributed by atoms with E-state index in [0.717, 1.165) is 43.7 Å². The molecule has 0 bridgehead atoms. The van der Waals surface area contributed by atoms with Gasteiger partial charge < -0.3 is 22.1 Å². The van der Waals surface area contributed by atoms with E-state index >= 15 is 0 Å². The molecule has 0 aromatic heterocycles. The number of aryl methyl sites for hydroxylation is 1. The topological polar surface area (TPSA) is 76.1 Å². The van der Waals surface area contributed by atoms with Gasteiger partial charge in [0.1, 0.15) is 0 Å². The monoisotopic (exact) mass is 318 g/mol. The number of likely N-dealkylation sites (N-methyl/N-ethyl adjacent to an activating group) is 1. The third-order valence-electron chi connectivity index (χ3n) is 2.59. The summed E-state index contributed by atoms with van der Waals surface area (Å²) in [6.07, 6.45) is 6.38. The molecule has 0 aliphatic carbocycles. The van der Waals surface area contributed by atoms with Crippen molar-refractivity contribution in [1.29, 1.82) is 0 Å². The number of rotatable bonds is 8. The fourth-order valence-electron chi connectivity index (χ4n) is 1.49. The molecule has 0 saturated carbocycles. The van der Waals surface area contributed by atoms with Gasteiger partial charge in [-0.15, -0.1) is 6.58 Å². The van der Waals surface area contributed by atoms with Crippen LogP contribution in [0.2, 0.25) is 0 Å². The highest BCUT2D eigenvalue weighted by molar-refractivity contribution is 5.49. The Morgan fingerprint density at radius 1 is 1.22 bits per heavy atom. The predicted octanol–water partition coefficient (Wildman–Crippen LogP) is 3.39. The lowest BCUT2D eigenvalue weighted by atomic mass is 10.1. The van der Waals surface area contributed by atoms with E-state index in [1.807, 2.05) is 13.1 Å². The van der Waals surface area contributed by atoms with Crippen molar-refractivity contribution in [3.8, 4) is 0 Å². The summed E-state index contributed by atoms with van der Waals surface area (Å²) in [5, 5.41) is 6.30. The molecule has 1 aromatic rings. The van der Waals surface area contributed by atoms with E-state index in [-0.39, 0.29) is 0 Å². The van der Waals surface area contributed by atoms with Crippen LogP contribution < -0.4 is 22.1 Å². The highest BCUT2D eigenvalue weighted by Crippen LogP contribution is 2.12. The van der Waals surface area contributed by atoms with Crippen LogP contribution in [0.5, 0.6) is 0 Å². The van der Waals surface area contributed by atoms with Gasteiger partial charge in [0.15, 0.2) is 0 Å². The first-order chi connectivity index (χ1) is 11.1. The Hall–Kier alpha value is -2.04. The first-order valence-corrected chi connectivity index (χ1v) is 7.91. The molecule has 0 fully saturated rings. The van der Waals surface area contributed by atoms with Crippen molar-refractivity contribution in [2.45, 2.75) is 26.2 Å². The van der Waals surface area contributed by atoms with Crippen LogP contribution in [0, 0.1) is 0 Å². The zero-order valence-corrected chi connectivity index (χ0v) is 14.8. The predicted molar refractivity (Wildman–Crippen MR) is 105 cm³/mol. The molecule has 130 valence electrons. The maximum Gasteiger partial charge on any atom is 0.0382 e. The van der Waals surface area contributed by atoms with E-state index in [1.165, 1.54) is 11.8 Å². The molecule has 0 amide bonds. The molecule has 0 heterocycles. The van der Waals surface area contributed by atoms with Crippen molar-refractivity contribution in [2.75, 3.05) is 25.5 Å². The van der Waals surface area contributed by atoms with Crippen molar-refractivity contribution in [3.63, 3.8) is 0 Å². The minimum absolute atomic E-state index is 0.776. The van der Waals surface area contributed by atoms with E-state index in [0.29, 0.717) is 0 Å². The minimum Gasteiger partial charge on any atom is -0.405 e. The number of anilines is 1. The van der Waals surface area contributed by atoms with Crippen LogP contribution >= 0.6 is 0 Å². The van der Waals surface area contributed by atoms with Gasteiger partial charge in [0.25, 0.3) is 0 Å². The normalized spacial score (nSPS) is 8.65. The highest BCUT2D eigenvalue weighted by Gasteiger charge is 1.95. The molecule has 6 N–H and O–H groups in total. The summed E-state index contributed by atoms with van der Waals surface area (Å²) in [6.45, 7) is 14.4. The van der Waals surface area contributed by atoms with Crippen molar-refractivity contribution in [1.82, 2.24) is 5.32 Å². The van der Waals surface area contributed by atoms with Gasteiger partial charge in [-0.05, 0) is 56.8 Å². The molecular formula is C19H34N4. The molecule has 23 heavy (non-hydrogen) atoms. The number of allylic oxidation sites excluding steroid dienone is 1. The van der Waals surface area contributed by atoms with E-state index in [4.69, 9.17) is 5.73 Å². The van der Waals surface area contributed by atoms with Crippen LogP contribution in [0.25, 0.3) is 0 Å². The van der Waals surface area contributed by atoms with Crippen LogP contribution in [0.1, 0.15) is 25.3 Å². The van der Waals surface area contributed by atoms with Gasteiger partial charge in [-0.2, -0.15) is 0 Å². The Kier molecular flexibility index (Phi) is 18.2. The maximum atomic E-state index is 5.03. The summed E-state index contributed by atoms with van der Waals surface area (Å²) in [5.41, 5.74) is 13.0. The molecule has 0 atom stereocenters. The summed E-state index contributed by atoms with van der Waals surface area (Å²) in [7, 11) is 1.91. The second kappa shape index (κ2) is 18.0. The quantitative estimate of drug-likeness (QED) is 0.554. The first-order valence-electron chi connectivity index (χ1n) is 7.91. The molecule has 4 nitrogen and oxygen atoms in total. The van der Waals surface area contributed by atoms with Gasteiger partial charge in [0.2, 0.25) is 0 Å². The molecule has 0 radical (unpaired) electrons. The highest BCUT2D eigenvalue weighted by atomic mass is 14.9. The van der Waals surface area contributed by atoms with Crippen LogP contribution in [0.15, 0.2) is 62.0 Å². The van der Waals surface area contributed by atoms with Gasteiger partial charge in [-0.3, -0.25) is 0 Å². The van der Waals surface area contributed by atoms with E-state index in [2.05, 4.69) is 67.3 Å². The van der Waals surface area contributed by atoms with Crippen molar-refractivity contribution in [3.05, 3.63) is 67.5 Å². The standard InChI is InChI=1S/C14H20N2.C3H9N.C2H5N/c1-4-5-6-13-7-9-14(10-8-13)16-12(2)11-15-3;1-2-3-4;1-2-3/h4,7-10,15-16H,1-2,5-6,11H2,3H3;2-4H2,1H3;2H,1,3H2. The Bertz CT molecular complexity index is 408. The fraction of sp³-hybridized carbons (Fsp3) is 0.368. The minimum atomic E-state index is 0.776. The van der Waals surface area contributed by atoms with Gasteiger partial charge in [-0.1, -0.05) is 38.3 Å². The third kappa shape index (κ3) is 16.2. The number of benzene rings is 1. The summed E-state index contributed by atoms with van der Waals surface area (Å²) < 4.78 is 0. The molecular weight excluding hydrogens is 284 g/mol. The average molecular weight is 319 g/mol. The van der Waals surface area contributed by atoms with Crippen molar-refractivity contribution >= 4 is 5.69 Å². The molecule has 0 spiro atoms. The lowest BCUT2D eigenvalue weighted by molar-refractivity contribution is 0.886. The summed E-state index contributed by atoms with van der Waals surface area (Å²) in [6, 6.07) is 8.44. The summed E-state index contributed by atoms with van der Waals surface area (Å²) >= 11 is 0. The zero-order valence-electron chi connectivity index (χ0n) is 14.8. The molecule has 0 unspecified atom stereocenters. The second-order valence-electron chi connectivity index (χ2n) is 4.81. The SMILES string of the molecule is C=CCCc1ccc(NC(=C)CNC)cc1.C=CN.CCCN. The van der Waals surface area contributed by atoms with Crippen LogP contribution in [0.4, 0.5) is 5.69 Å². The largest absolute Gasteiger partial charge is 0.405 e. The zero-order chi connectivity index (χ0) is 17.9. The Morgan fingerprint density at radius 3 is 2.13 bits per heavy atom. The lowest BCUT2D eigenvalue weighted by Crippen LogP contribution is -2.14. The number of hydrogen-bond donors (Lipinski definition) is 4.